The van der Waals surface area contributed by atoms with Crippen LogP contribution in [0.15, 0.2) is 72.8 Å². The Morgan fingerprint density at radius 2 is 1.39 bits per heavy atom. The largest absolute Gasteiger partial charge is 0.310 e. The molecule has 0 bridgehead atoms. The fraction of sp³-hybridized carbons (Fsp3) is 0.143. The van der Waals surface area contributed by atoms with E-state index in [9.17, 15) is 0 Å². The van der Waals surface area contributed by atoms with Crippen LogP contribution in [0.2, 0.25) is 5.02 Å². The SMILES string of the molecule is CC1(C)c2ccccc2N(c2ccccc2)c2cc(Cl)ccc21. The van der Waals surface area contributed by atoms with Crippen LogP contribution in [0.3, 0.4) is 0 Å². The number of fused-ring (bicyclic) bond motifs is 2. The molecule has 0 saturated heterocycles. The zero-order valence-corrected chi connectivity index (χ0v) is 14.0. The molecule has 1 heterocycles. The van der Waals surface area contributed by atoms with Gasteiger partial charge in [-0.3, -0.25) is 0 Å². The number of rotatable bonds is 1. The van der Waals surface area contributed by atoms with Crippen LogP contribution in [-0.2, 0) is 5.41 Å². The molecular formula is C21H18ClN. The third kappa shape index (κ3) is 2.15. The highest BCUT2D eigenvalue weighted by Gasteiger charge is 2.36. The van der Waals surface area contributed by atoms with Crippen molar-refractivity contribution >= 4 is 28.7 Å². The maximum atomic E-state index is 6.32. The van der Waals surface area contributed by atoms with E-state index in [1.165, 1.54) is 16.8 Å². The van der Waals surface area contributed by atoms with Gasteiger partial charge in [0, 0.05) is 16.1 Å². The molecule has 114 valence electrons. The molecule has 0 atom stereocenters. The topological polar surface area (TPSA) is 3.24 Å². The van der Waals surface area contributed by atoms with Gasteiger partial charge in [-0.2, -0.15) is 0 Å². The average Bonchev–Trinajstić information content (AvgIpc) is 2.56. The van der Waals surface area contributed by atoms with E-state index in [0.717, 1.165) is 16.4 Å². The van der Waals surface area contributed by atoms with E-state index in [2.05, 4.69) is 79.4 Å². The standard InChI is InChI=1S/C21H18ClN/c1-21(2)17-10-6-7-11-19(17)23(16-8-4-3-5-9-16)20-14-15(22)12-13-18(20)21/h3-14H,1-2H3. The molecule has 0 saturated carbocycles. The molecule has 23 heavy (non-hydrogen) atoms. The molecule has 3 aromatic carbocycles. The Kier molecular flexibility index (Phi) is 3.21. The van der Waals surface area contributed by atoms with Crippen molar-refractivity contribution in [1.82, 2.24) is 0 Å². The van der Waals surface area contributed by atoms with E-state index in [0.29, 0.717) is 0 Å². The first-order valence-corrected chi connectivity index (χ1v) is 8.21. The lowest BCUT2D eigenvalue weighted by Crippen LogP contribution is -2.30. The highest BCUT2D eigenvalue weighted by Crippen LogP contribution is 2.52. The maximum Gasteiger partial charge on any atom is 0.0517 e. The third-order valence-corrected chi connectivity index (χ3v) is 4.94. The number of hydrogen-bond donors (Lipinski definition) is 0. The molecule has 0 radical (unpaired) electrons. The summed E-state index contributed by atoms with van der Waals surface area (Å²) in [6.45, 7) is 4.56. The molecule has 4 rings (SSSR count). The molecule has 1 aliphatic heterocycles. The smallest absolute Gasteiger partial charge is 0.0517 e. The van der Waals surface area contributed by atoms with Crippen molar-refractivity contribution in [2.45, 2.75) is 19.3 Å². The fourth-order valence-electron chi connectivity index (χ4n) is 3.55. The van der Waals surface area contributed by atoms with Gasteiger partial charge in [0.15, 0.2) is 0 Å². The van der Waals surface area contributed by atoms with Gasteiger partial charge >= 0.3 is 0 Å². The lowest BCUT2D eigenvalue weighted by molar-refractivity contribution is 0.632. The number of benzene rings is 3. The Morgan fingerprint density at radius 1 is 0.739 bits per heavy atom. The van der Waals surface area contributed by atoms with Crippen LogP contribution in [0.1, 0.15) is 25.0 Å². The first-order chi connectivity index (χ1) is 11.1. The lowest BCUT2D eigenvalue weighted by atomic mass is 9.73. The van der Waals surface area contributed by atoms with Crippen LogP contribution in [0.25, 0.3) is 0 Å². The summed E-state index contributed by atoms with van der Waals surface area (Å²) in [5.74, 6) is 0. The predicted molar refractivity (Wildman–Crippen MR) is 98.3 cm³/mol. The van der Waals surface area contributed by atoms with E-state index in [-0.39, 0.29) is 5.41 Å². The molecule has 1 nitrogen and oxygen atoms in total. The summed E-state index contributed by atoms with van der Waals surface area (Å²) < 4.78 is 0. The number of hydrogen-bond acceptors (Lipinski definition) is 1. The average molecular weight is 320 g/mol. The van der Waals surface area contributed by atoms with E-state index >= 15 is 0 Å². The van der Waals surface area contributed by atoms with Crippen LogP contribution >= 0.6 is 11.6 Å². The van der Waals surface area contributed by atoms with Gasteiger partial charge in [-0.05, 0) is 41.5 Å². The van der Waals surface area contributed by atoms with Gasteiger partial charge in [-0.1, -0.05) is 67.9 Å². The van der Waals surface area contributed by atoms with Gasteiger partial charge in [0.2, 0.25) is 0 Å². The first-order valence-electron chi connectivity index (χ1n) is 7.84. The van der Waals surface area contributed by atoms with Crippen LogP contribution in [0.5, 0.6) is 0 Å². The van der Waals surface area contributed by atoms with Crippen molar-refractivity contribution in [3.8, 4) is 0 Å². The molecule has 0 aliphatic carbocycles. The van der Waals surface area contributed by atoms with Crippen molar-refractivity contribution in [3.05, 3.63) is 88.9 Å². The monoisotopic (exact) mass is 319 g/mol. The van der Waals surface area contributed by atoms with Crippen molar-refractivity contribution in [3.63, 3.8) is 0 Å². The summed E-state index contributed by atoms with van der Waals surface area (Å²) in [7, 11) is 0. The molecule has 0 fully saturated rings. The number of halogens is 1. The van der Waals surface area contributed by atoms with Gasteiger partial charge in [-0.25, -0.2) is 0 Å². The van der Waals surface area contributed by atoms with Crippen LogP contribution in [0, 0.1) is 0 Å². The second-order valence-corrected chi connectivity index (χ2v) is 6.91. The Bertz CT molecular complexity index is 868. The third-order valence-electron chi connectivity index (χ3n) is 4.71. The lowest BCUT2D eigenvalue weighted by Gasteiger charge is -2.42. The molecule has 3 aromatic rings. The van der Waals surface area contributed by atoms with Gasteiger partial charge < -0.3 is 4.90 Å². The van der Waals surface area contributed by atoms with Gasteiger partial charge in [0.1, 0.15) is 0 Å². The first kappa shape index (κ1) is 14.3. The van der Waals surface area contributed by atoms with E-state index in [4.69, 9.17) is 11.6 Å². The molecule has 0 N–H and O–H groups in total. The van der Waals surface area contributed by atoms with Crippen molar-refractivity contribution in [2.24, 2.45) is 0 Å². The molecule has 2 heteroatoms. The molecule has 1 aliphatic rings. The summed E-state index contributed by atoms with van der Waals surface area (Å²) in [5, 5.41) is 0.764. The second-order valence-electron chi connectivity index (χ2n) is 6.47. The maximum absolute atomic E-state index is 6.32. The normalized spacial score (nSPS) is 15.0. The molecule has 0 unspecified atom stereocenters. The molecule has 0 aromatic heterocycles. The summed E-state index contributed by atoms with van der Waals surface area (Å²) in [4.78, 5) is 2.31. The molecular weight excluding hydrogens is 302 g/mol. The fourth-order valence-corrected chi connectivity index (χ4v) is 3.71. The zero-order valence-electron chi connectivity index (χ0n) is 13.3. The van der Waals surface area contributed by atoms with Crippen molar-refractivity contribution in [2.75, 3.05) is 4.90 Å². The number of nitrogens with zero attached hydrogens (tertiary/aromatic N) is 1. The predicted octanol–water partition coefficient (Wildman–Crippen LogP) is 6.45. The summed E-state index contributed by atoms with van der Waals surface area (Å²) in [5.41, 5.74) is 6.11. The number of para-hydroxylation sites is 2. The van der Waals surface area contributed by atoms with E-state index in [1.807, 2.05) is 12.1 Å². The van der Waals surface area contributed by atoms with Crippen LogP contribution < -0.4 is 4.90 Å². The van der Waals surface area contributed by atoms with Gasteiger partial charge in [0.25, 0.3) is 0 Å². The number of anilines is 3. The van der Waals surface area contributed by atoms with Gasteiger partial charge in [0.05, 0.1) is 11.4 Å². The Hall–Kier alpha value is -2.25. The quantitative estimate of drug-likeness (QED) is 0.498. The minimum Gasteiger partial charge on any atom is -0.310 e. The Labute approximate surface area is 142 Å². The highest BCUT2D eigenvalue weighted by molar-refractivity contribution is 6.31. The van der Waals surface area contributed by atoms with Crippen molar-refractivity contribution < 1.29 is 0 Å². The molecule has 0 spiro atoms. The second kappa shape index (κ2) is 5.14. The van der Waals surface area contributed by atoms with E-state index in [1.54, 1.807) is 0 Å². The summed E-state index contributed by atoms with van der Waals surface area (Å²) in [6.07, 6.45) is 0. The van der Waals surface area contributed by atoms with E-state index < -0.39 is 0 Å². The minimum atomic E-state index is -0.0538. The Balaban J connectivity index is 2.06. The van der Waals surface area contributed by atoms with Crippen LogP contribution in [-0.4, -0.2) is 0 Å². The van der Waals surface area contributed by atoms with Crippen molar-refractivity contribution in [1.29, 1.82) is 0 Å². The van der Waals surface area contributed by atoms with Crippen LogP contribution in [0.4, 0.5) is 17.1 Å². The summed E-state index contributed by atoms with van der Waals surface area (Å²) >= 11 is 6.32. The Morgan fingerprint density at radius 3 is 2.17 bits per heavy atom. The minimum absolute atomic E-state index is 0.0538. The zero-order chi connectivity index (χ0) is 16.0. The summed E-state index contributed by atoms with van der Waals surface area (Å²) in [6, 6.07) is 25.3. The molecule has 0 amide bonds. The van der Waals surface area contributed by atoms with Gasteiger partial charge in [-0.15, -0.1) is 0 Å². The highest BCUT2D eigenvalue weighted by atomic mass is 35.5.